The zero-order valence-corrected chi connectivity index (χ0v) is 58.6. The molecule has 0 fully saturated rings. The fourth-order valence-corrected chi connectivity index (χ4v) is 12.7. The van der Waals surface area contributed by atoms with Gasteiger partial charge in [0, 0.05) is 12.8 Å². The van der Waals surface area contributed by atoms with Crippen LogP contribution >= 0.6 is 0 Å². The number of aliphatic hydroxyl groups is 2. The van der Waals surface area contributed by atoms with Gasteiger partial charge in [-0.15, -0.1) is 0 Å². The van der Waals surface area contributed by atoms with Gasteiger partial charge in [0.25, 0.3) is 0 Å². The van der Waals surface area contributed by atoms with Crippen LogP contribution < -0.4 is 5.32 Å². The Morgan fingerprint density at radius 1 is 0.326 bits per heavy atom. The number of carbonyl (C=O) groups is 2. The Morgan fingerprint density at radius 2 is 0.581 bits per heavy atom. The molecule has 0 saturated carbocycles. The third-order valence-corrected chi connectivity index (χ3v) is 18.8. The molecule has 0 bridgehead atoms. The van der Waals surface area contributed by atoms with Crippen LogP contribution in [0.2, 0.25) is 0 Å². The summed E-state index contributed by atoms with van der Waals surface area (Å²) in [5.41, 5.74) is 0. The Bertz CT molecular complexity index is 1350. The van der Waals surface area contributed by atoms with Crippen molar-refractivity contribution in [3.05, 3.63) is 24.3 Å². The van der Waals surface area contributed by atoms with Gasteiger partial charge < -0.3 is 20.3 Å². The van der Waals surface area contributed by atoms with Gasteiger partial charge >= 0.3 is 5.97 Å². The molecule has 0 aliphatic carbocycles. The van der Waals surface area contributed by atoms with Crippen LogP contribution in [-0.2, 0) is 14.3 Å². The van der Waals surface area contributed by atoms with Crippen molar-refractivity contribution in [1.29, 1.82) is 0 Å². The summed E-state index contributed by atoms with van der Waals surface area (Å²) < 4.78 is 5.51. The second kappa shape index (κ2) is 75.8. The summed E-state index contributed by atoms with van der Waals surface area (Å²) >= 11 is 0. The van der Waals surface area contributed by atoms with E-state index in [1.54, 1.807) is 0 Å². The Labute approximate surface area is 539 Å². The predicted molar refractivity (Wildman–Crippen MR) is 380 cm³/mol. The summed E-state index contributed by atoms with van der Waals surface area (Å²) in [7, 11) is 0. The van der Waals surface area contributed by atoms with Gasteiger partial charge in [-0.2, -0.15) is 0 Å². The highest BCUT2D eigenvalue weighted by Crippen LogP contribution is 2.20. The second-order valence-corrected chi connectivity index (χ2v) is 27.4. The highest BCUT2D eigenvalue weighted by atomic mass is 16.5. The van der Waals surface area contributed by atoms with Gasteiger partial charge in [-0.1, -0.05) is 404 Å². The van der Waals surface area contributed by atoms with Crippen molar-refractivity contribution in [2.24, 2.45) is 0 Å². The molecule has 0 aromatic carbocycles. The minimum absolute atomic E-state index is 0.0112. The minimum Gasteiger partial charge on any atom is -0.466 e. The molecule has 2 unspecified atom stereocenters. The summed E-state index contributed by atoms with van der Waals surface area (Å²) in [5.74, 6) is -0.0157. The van der Waals surface area contributed by atoms with Crippen molar-refractivity contribution in [2.45, 2.75) is 463 Å². The smallest absolute Gasteiger partial charge is 0.305 e. The Hall–Kier alpha value is -1.66. The summed E-state index contributed by atoms with van der Waals surface area (Å²) in [6.45, 7) is 4.99. The number of aliphatic hydroxyl groups excluding tert-OH is 2. The van der Waals surface area contributed by atoms with E-state index in [9.17, 15) is 19.8 Å². The molecule has 0 aromatic rings. The number of hydrogen-bond acceptors (Lipinski definition) is 5. The molecule has 510 valence electrons. The summed E-state index contributed by atoms with van der Waals surface area (Å²) in [5, 5.41) is 23.5. The number of esters is 1. The lowest BCUT2D eigenvalue weighted by Gasteiger charge is -2.22. The molecule has 6 nitrogen and oxygen atoms in total. The third kappa shape index (κ3) is 71.4. The average molecular weight is 1210 g/mol. The lowest BCUT2D eigenvalue weighted by molar-refractivity contribution is -0.143. The lowest BCUT2D eigenvalue weighted by Crippen LogP contribution is -2.45. The van der Waals surface area contributed by atoms with Crippen molar-refractivity contribution in [2.75, 3.05) is 13.2 Å². The maximum Gasteiger partial charge on any atom is 0.305 e. The van der Waals surface area contributed by atoms with E-state index in [2.05, 4.69) is 43.5 Å². The van der Waals surface area contributed by atoms with E-state index >= 15 is 0 Å². The van der Waals surface area contributed by atoms with E-state index in [4.69, 9.17) is 4.74 Å². The third-order valence-electron chi connectivity index (χ3n) is 18.8. The predicted octanol–water partition coefficient (Wildman–Crippen LogP) is 26.0. The molecule has 0 aliphatic heterocycles. The lowest BCUT2D eigenvalue weighted by atomic mass is 10.0. The van der Waals surface area contributed by atoms with E-state index in [1.165, 1.54) is 366 Å². The molecule has 0 radical (unpaired) electrons. The Morgan fingerprint density at radius 3 is 0.895 bits per heavy atom. The molecule has 3 N–H and O–H groups in total. The number of rotatable bonds is 75. The molecule has 2 atom stereocenters. The Balaban J connectivity index is 3.35. The van der Waals surface area contributed by atoms with Gasteiger partial charge in [-0.05, 0) is 57.8 Å². The Kier molecular flexibility index (Phi) is 74.3. The van der Waals surface area contributed by atoms with Crippen molar-refractivity contribution < 1.29 is 24.5 Å². The van der Waals surface area contributed by atoms with Gasteiger partial charge in [0.1, 0.15) is 0 Å². The van der Waals surface area contributed by atoms with Crippen LogP contribution in [0.4, 0.5) is 0 Å². The van der Waals surface area contributed by atoms with Crippen molar-refractivity contribution in [1.82, 2.24) is 5.32 Å². The van der Waals surface area contributed by atoms with Crippen molar-refractivity contribution in [3.8, 4) is 0 Å². The number of unbranched alkanes of at least 4 members (excludes halogenated alkanes) is 60. The molecule has 0 heterocycles. The number of hydrogen-bond donors (Lipinski definition) is 3. The topological polar surface area (TPSA) is 95.9 Å². The molecule has 0 spiro atoms. The average Bonchev–Trinajstić information content (AvgIpc) is 3.56. The number of ether oxygens (including phenoxy) is 1. The van der Waals surface area contributed by atoms with Gasteiger partial charge in [0.15, 0.2) is 0 Å². The van der Waals surface area contributed by atoms with Crippen LogP contribution in [0.3, 0.4) is 0 Å². The molecule has 86 heavy (non-hydrogen) atoms. The summed E-state index contributed by atoms with van der Waals surface area (Å²) in [6.07, 6.45) is 96.9. The van der Waals surface area contributed by atoms with Crippen LogP contribution in [0.15, 0.2) is 24.3 Å². The quantitative estimate of drug-likeness (QED) is 0.0320. The van der Waals surface area contributed by atoms with Gasteiger partial charge in [0.05, 0.1) is 25.4 Å². The van der Waals surface area contributed by atoms with Crippen molar-refractivity contribution in [3.63, 3.8) is 0 Å². The highest BCUT2D eigenvalue weighted by Gasteiger charge is 2.20. The second-order valence-electron chi connectivity index (χ2n) is 27.4. The maximum atomic E-state index is 12.6. The van der Waals surface area contributed by atoms with Gasteiger partial charge in [-0.25, -0.2) is 0 Å². The number of nitrogens with one attached hydrogen (secondary N) is 1. The summed E-state index contributed by atoms with van der Waals surface area (Å²) in [6, 6.07) is -0.541. The normalized spacial score (nSPS) is 12.6. The minimum atomic E-state index is -0.664. The standard InChI is InChI=1S/C80H155NO5/c1-3-5-7-9-11-13-15-17-19-21-23-24-25-28-31-34-37-40-44-48-52-56-60-64-68-72-78(83)77(76-82)81-79(84)73-69-65-61-57-53-49-45-41-38-35-32-29-26-27-30-33-36-39-43-47-51-55-59-63-67-71-75-86-80(85)74-70-66-62-58-54-50-46-42-22-20-18-16-14-12-10-8-6-4-2/h14,16,20,22,77-78,82-83H,3-13,15,17-19,21,23-76H2,1-2H3,(H,81,84)/b16-14-,22-20-. The molecule has 0 rings (SSSR count). The van der Waals surface area contributed by atoms with Crippen molar-refractivity contribution >= 4 is 11.9 Å². The van der Waals surface area contributed by atoms with Crippen LogP contribution in [0.5, 0.6) is 0 Å². The van der Waals surface area contributed by atoms with E-state index < -0.39 is 12.1 Å². The first-order chi connectivity index (χ1) is 42.5. The number of amides is 1. The SMILES string of the molecule is CCCCCC/C=C\C/C=C\CCCCCCCCCC(=O)OCCCCCCCCCCCCCCCCCCCCCCCCCCCCC(=O)NC(CO)C(O)CCCCCCCCCCCCCCCCCCCCCCCCCCC. The van der Waals surface area contributed by atoms with E-state index in [0.29, 0.717) is 25.9 Å². The monoisotopic (exact) mass is 1210 g/mol. The molecule has 0 aromatic heterocycles. The van der Waals surface area contributed by atoms with Crippen LogP contribution in [0, 0.1) is 0 Å². The van der Waals surface area contributed by atoms with E-state index in [0.717, 1.165) is 51.4 Å². The molecule has 6 heteroatoms. The molecular formula is C80H155NO5. The summed E-state index contributed by atoms with van der Waals surface area (Å²) in [4.78, 5) is 24.7. The van der Waals surface area contributed by atoms with Crippen LogP contribution in [0.25, 0.3) is 0 Å². The molecular weight excluding hydrogens is 1050 g/mol. The van der Waals surface area contributed by atoms with E-state index in [-0.39, 0.29) is 18.5 Å². The highest BCUT2D eigenvalue weighted by molar-refractivity contribution is 5.76. The zero-order valence-electron chi connectivity index (χ0n) is 58.6. The number of carbonyl (C=O) groups excluding carboxylic acids is 2. The van der Waals surface area contributed by atoms with Crippen LogP contribution in [-0.4, -0.2) is 47.4 Å². The number of allylic oxidation sites excluding steroid dienone is 4. The largest absolute Gasteiger partial charge is 0.466 e. The van der Waals surface area contributed by atoms with Gasteiger partial charge in [0.2, 0.25) is 5.91 Å². The maximum absolute atomic E-state index is 12.6. The fourth-order valence-electron chi connectivity index (χ4n) is 12.7. The molecule has 0 saturated heterocycles. The van der Waals surface area contributed by atoms with E-state index in [1.807, 2.05) is 0 Å². The zero-order chi connectivity index (χ0) is 62.0. The first kappa shape index (κ1) is 84.3. The first-order valence-electron chi connectivity index (χ1n) is 39.6. The fraction of sp³-hybridized carbons (Fsp3) is 0.925. The molecule has 1 amide bonds. The molecule has 0 aliphatic rings. The van der Waals surface area contributed by atoms with Gasteiger partial charge in [-0.3, -0.25) is 9.59 Å². The first-order valence-corrected chi connectivity index (χ1v) is 39.6. The van der Waals surface area contributed by atoms with Crippen LogP contribution in [0.1, 0.15) is 450 Å².